The number of nitrogens with one attached hydrogen (secondary N) is 1. The topological polar surface area (TPSA) is 76.3 Å². The van der Waals surface area contributed by atoms with E-state index >= 15 is 0 Å². The fourth-order valence-corrected chi connectivity index (χ4v) is 3.46. The molecule has 1 fully saturated rings. The first kappa shape index (κ1) is 17.5. The van der Waals surface area contributed by atoms with E-state index in [1.807, 2.05) is 30.3 Å². The lowest BCUT2D eigenvalue weighted by Gasteiger charge is -2.26. The number of nitrogen functional groups attached to an aromatic ring is 1. The van der Waals surface area contributed by atoms with Gasteiger partial charge in [-0.2, -0.15) is 4.98 Å². The average Bonchev–Trinajstić information content (AvgIpc) is 2.71. The zero-order valence-electron chi connectivity index (χ0n) is 15.4. The van der Waals surface area contributed by atoms with Crippen molar-refractivity contribution in [2.75, 3.05) is 37.2 Å². The second-order valence-electron chi connectivity index (χ2n) is 6.88. The number of nitrogens with two attached hydrogens (primary N) is 1. The van der Waals surface area contributed by atoms with Gasteiger partial charge in [-0.05, 0) is 48.8 Å². The smallest absolute Gasteiger partial charge is 0.248 e. The summed E-state index contributed by atoms with van der Waals surface area (Å²) in [5.41, 5.74) is 6.67. The van der Waals surface area contributed by atoms with E-state index in [4.69, 9.17) is 10.5 Å². The van der Waals surface area contributed by atoms with Gasteiger partial charge >= 0.3 is 0 Å². The Bertz CT molecular complexity index is 908. The van der Waals surface area contributed by atoms with Crippen LogP contribution in [-0.4, -0.2) is 41.0 Å². The van der Waals surface area contributed by atoms with Gasteiger partial charge in [-0.15, -0.1) is 0 Å². The van der Waals surface area contributed by atoms with Crippen molar-refractivity contribution in [3.05, 3.63) is 48.8 Å². The van der Waals surface area contributed by atoms with Gasteiger partial charge in [0.05, 0.1) is 0 Å². The van der Waals surface area contributed by atoms with Crippen LogP contribution in [0.4, 0.5) is 11.5 Å². The molecule has 0 amide bonds. The molecule has 1 aliphatic heterocycles. The second kappa shape index (κ2) is 8.22. The Morgan fingerprint density at radius 1 is 1.00 bits per heavy atom. The van der Waals surface area contributed by atoms with Gasteiger partial charge in [-0.1, -0.05) is 36.8 Å². The number of hydrogen-bond donors (Lipinski definition) is 2. The highest BCUT2D eigenvalue weighted by atomic mass is 16.5. The van der Waals surface area contributed by atoms with Crippen molar-refractivity contribution in [2.45, 2.75) is 19.3 Å². The zero-order chi connectivity index (χ0) is 18.5. The molecular weight excluding hydrogens is 338 g/mol. The van der Waals surface area contributed by atoms with E-state index < -0.39 is 0 Å². The van der Waals surface area contributed by atoms with Crippen LogP contribution >= 0.6 is 0 Å². The minimum Gasteiger partial charge on any atom is -0.437 e. The lowest BCUT2D eigenvalue weighted by Crippen LogP contribution is -2.33. The molecule has 0 aliphatic carbocycles. The third kappa shape index (κ3) is 4.28. The van der Waals surface area contributed by atoms with E-state index in [0.717, 1.165) is 18.5 Å². The van der Waals surface area contributed by atoms with Crippen LogP contribution in [0.25, 0.3) is 10.8 Å². The molecule has 1 aromatic heterocycles. The van der Waals surface area contributed by atoms with Crippen LogP contribution in [0, 0.1) is 0 Å². The van der Waals surface area contributed by atoms with Crippen molar-refractivity contribution < 1.29 is 4.74 Å². The normalized spacial score (nSPS) is 15.0. The Kier molecular flexibility index (Phi) is 5.34. The highest BCUT2D eigenvalue weighted by Gasteiger charge is 2.12. The fourth-order valence-electron chi connectivity index (χ4n) is 3.46. The Hall–Kier alpha value is -2.86. The molecule has 27 heavy (non-hydrogen) atoms. The average molecular weight is 363 g/mol. The molecule has 6 heteroatoms. The third-order valence-electron chi connectivity index (χ3n) is 4.95. The van der Waals surface area contributed by atoms with Crippen LogP contribution in [0.5, 0.6) is 11.6 Å². The van der Waals surface area contributed by atoms with E-state index in [0.29, 0.717) is 23.1 Å². The van der Waals surface area contributed by atoms with Gasteiger partial charge in [-0.3, -0.25) is 0 Å². The number of fused-ring (bicyclic) bond motifs is 1. The zero-order valence-corrected chi connectivity index (χ0v) is 15.4. The Morgan fingerprint density at radius 2 is 1.81 bits per heavy atom. The van der Waals surface area contributed by atoms with Crippen LogP contribution in [0.15, 0.2) is 48.8 Å². The first-order valence-electron chi connectivity index (χ1n) is 9.53. The van der Waals surface area contributed by atoms with E-state index in [1.165, 1.54) is 44.1 Å². The largest absolute Gasteiger partial charge is 0.437 e. The summed E-state index contributed by atoms with van der Waals surface area (Å²) in [7, 11) is 0. The molecule has 140 valence electrons. The van der Waals surface area contributed by atoms with Gasteiger partial charge in [0.2, 0.25) is 5.88 Å². The standard InChI is InChI=1S/C21H25N5O/c22-19-20(23-10-13-26-11-4-1-5-12-26)24-15-25-21(19)27-18-9-8-16-6-2-3-7-17(16)14-18/h2-3,6-9,14-15H,1,4-5,10-13,22H2,(H,23,24,25). The molecule has 0 radical (unpaired) electrons. The molecule has 6 nitrogen and oxygen atoms in total. The van der Waals surface area contributed by atoms with E-state index in [-0.39, 0.29) is 0 Å². The number of anilines is 2. The number of aromatic nitrogens is 2. The van der Waals surface area contributed by atoms with E-state index in [1.54, 1.807) is 0 Å². The van der Waals surface area contributed by atoms with Gasteiger partial charge in [0.1, 0.15) is 17.8 Å². The minimum absolute atomic E-state index is 0.376. The Labute approximate surface area is 159 Å². The van der Waals surface area contributed by atoms with Gasteiger partial charge in [-0.25, -0.2) is 4.98 Å². The number of likely N-dealkylation sites (tertiary alicyclic amines) is 1. The number of nitrogens with zero attached hydrogens (tertiary/aromatic N) is 3. The number of piperidine rings is 1. The fraction of sp³-hybridized carbons (Fsp3) is 0.333. The molecule has 1 aliphatic rings. The van der Waals surface area contributed by atoms with Crippen LogP contribution in [-0.2, 0) is 0 Å². The quantitative estimate of drug-likeness (QED) is 0.692. The number of ether oxygens (including phenoxy) is 1. The molecule has 3 aromatic rings. The SMILES string of the molecule is Nc1c(NCCN2CCCCC2)ncnc1Oc1ccc2ccccc2c1. The van der Waals surface area contributed by atoms with Crippen LogP contribution < -0.4 is 15.8 Å². The third-order valence-corrected chi connectivity index (χ3v) is 4.95. The number of benzene rings is 2. The summed E-state index contributed by atoms with van der Waals surface area (Å²) >= 11 is 0. The van der Waals surface area contributed by atoms with Crippen LogP contribution in [0.2, 0.25) is 0 Å². The summed E-state index contributed by atoms with van der Waals surface area (Å²) in [5.74, 6) is 1.71. The predicted octanol–water partition coefficient (Wildman–Crippen LogP) is 3.90. The van der Waals surface area contributed by atoms with Crippen molar-refractivity contribution in [1.82, 2.24) is 14.9 Å². The van der Waals surface area contributed by atoms with Gasteiger partial charge in [0.25, 0.3) is 0 Å². The Balaban J connectivity index is 1.42. The summed E-state index contributed by atoms with van der Waals surface area (Å²) < 4.78 is 5.93. The summed E-state index contributed by atoms with van der Waals surface area (Å²) in [6.45, 7) is 4.15. The minimum atomic E-state index is 0.376. The molecule has 0 bridgehead atoms. The molecular formula is C21H25N5O. The summed E-state index contributed by atoms with van der Waals surface area (Å²) in [4.78, 5) is 10.9. The van der Waals surface area contributed by atoms with Crippen molar-refractivity contribution in [3.8, 4) is 11.6 Å². The maximum Gasteiger partial charge on any atom is 0.248 e. The first-order valence-corrected chi connectivity index (χ1v) is 9.53. The van der Waals surface area contributed by atoms with Crippen molar-refractivity contribution in [3.63, 3.8) is 0 Å². The Morgan fingerprint density at radius 3 is 2.67 bits per heavy atom. The van der Waals surface area contributed by atoms with E-state index in [2.05, 4.69) is 32.3 Å². The maximum absolute atomic E-state index is 6.24. The van der Waals surface area contributed by atoms with Crippen molar-refractivity contribution in [1.29, 1.82) is 0 Å². The van der Waals surface area contributed by atoms with Crippen molar-refractivity contribution in [2.24, 2.45) is 0 Å². The molecule has 0 saturated carbocycles. The molecule has 0 atom stereocenters. The van der Waals surface area contributed by atoms with Gasteiger partial charge in [0, 0.05) is 13.1 Å². The molecule has 1 saturated heterocycles. The molecule has 0 spiro atoms. The highest BCUT2D eigenvalue weighted by Crippen LogP contribution is 2.30. The van der Waals surface area contributed by atoms with Gasteiger partial charge < -0.3 is 20.7 Å². The highest BCUT2D eigenvalue weighted by molar-refractivity contribution is 5.83. The molecule has 2 heterocycles. The monoisotopic (exact) mass is 363 g/mol. The first-order chi connectivity index (χ1) is 13.3. The summed E-state index contributed by atoms with van der Waals surface area (Å²) in [5, 5.41) is 5.60. The van der Waals surface area contributed by atoms with Crippen LogP contribution in [0.1, 0.15) is 19.3 Å². The summed E-state index contributed by atoms with van der Waals surface area (Å²) in [6.07, 6.45) is 5.41. The predicted molar refractivity (Wildman–Crippen MR) is 109 cm³/mol. The molecule has 2 aromatic carbocycles. The lowest BCUT2D eigenvalue weighted by atomic mass is 10.1. The number of hydrogen-bond acceptors (Lipinski definition) is 6. The van der Waals surface area contributed by atoms with Gasteiger partial charge in [0.15, 0.2) is 5.82 Å². The van der Waals surface area contributed by atoms with E-state index in [9.17, 15) is 0 Å². The molecule has 4 rings (SSSR count). The second-order valence-corrected chi connectivity index (χ2v) is 6.88. The van der Waals surface area contributed by atoms with Crippen molar-refractivity contribution >= 4 is 22.3 Å². The summed E-state index contributed by atoms with van der Waals surface area (Å²) in [6, 6.07) is 14.1. The maximum atomic E-state index is 6.24. The lowest BCUT2D eigenvalue weighted by molar-refractivity contribution is 0.237. The van der Waals surface area contributed by atoms with Crippen LogP contribution in [0.3, 0.4) is 0 Å². The molecule has 3 N–H and O–H groups in total. The number of rotatable bonds is 6. The molecule has 0 unspecified atom stereocenters.